The first-order valence-electron chi connectivity index (χ1n) is 6.26. The van der Waals surface area contributed by atoms with Gasteiger partial charge in [-0.1, -0.05) is 0 Å². The number of nitrogens with zero attached hydrogens (tertiary/aromatic N) is 1. The maximum absolute atomic E-state index is 10.7. The number of likely N-dealkylation sites (tertiary alicyclic amines) is 1. The van der Waals surface area contributed by atoms with E-state index < -0.39 is 5.97 Å². The fraction of sp³-hybridized carbons (Fsp3) is 0.917. The second-order valence-electron chi connectivity index (χ2n) is 4.39. The summed E-state index contributed by atoms with van der Waals surface area (Å²) in [7, 11) is 1.66. The lowest BCUT2D eigenvalue weighted by atomic mass is 10.1. The average Bonchev–Trinajstić information content (AvgIpc) is 2.70. The van der Waals surface area contributed by atoms with Crippen molar-refractivity contribution in [2.45, 2.75) is 31.7 Å². The van der Waals surface area contributed by atoms with Crippen molar-refractivity contribution in [3.05, 3.63) is 0 Å². The lowest BCUT2D eigenvalue weighted by Gasteiger charge is -2.22. The Morgan fingerprint density at radius 1 is 1.41 bits per heavy atom. The number of hydrogen-bond acceptors (Lipinski definition) is 4. The van der Waals surface area contributed by atoms with Gasteiger partial charge in [0.2, 0.25) is 0 Å². The van der Waals surface area contributed by atoms with Gasteiger partial charge < -0.3 is 14.6 Å². The zero-order valence-corrected chi connectivity index (χ0v) is 10.6. The van der Waals surface area contributed by atoms with Crippen LogP contribution in [0.5, 0.6) is 0 Å². The van der Waals surface area contributed by atoms with Gasteiger partial charge in [0.1, 0.15) is 0 Å². The maximum Gasteiger partial charge on any atom is 0.304 e. The van der Waals surface area contributed by atoms with Crippen molar-refractivity contribution in [2.75, 3.05) is 40.0 Å². The molecule has 5 heteroatoms. The molecule has 0 aromatic heterocycles. The smallest absolute Gasteiger partial charge is 0.304 e. The van der Waals surface area contributed by atoms with Gasteiger partial charge in [-0.15, -0.1) is 0 Å². The van der Waals surface area contributed by atoms with E-state index in [0.717, 1.165) is 39.0 Å². The highest BCUT2D eigenvalue weighted by atomic mass is 16.5. The van der Waals surface area contributed by atoms with Crippen molar-refractivity contribution in [2.24, 2.45) is 0 Å². The summed E-state index contributed by atoms with van der Waals surface area (Å²) in [6.45, 7) is 3.95. The summed E-state index contributed by atoms with van der Waals surface area (Å²) >= 11 is 0. The van der Waals surface area contributed by atoms with Crippen LogP contribution in [0.3, 0.4) is 0 Å². The zero-order valence-electron chi connectivity index (χ0n) is 10.6. The van der Waals surface area contributed by atoms with Crippen molar-refractivity contribution >= 4 is 5.97 Å². The van der Waals surface area contributed by atoms with Crippen molar-refractivity contribution < 1.29 is 19.4 Å². The molecule has 1 N–H and O–H groups in total. The number of carboxylic acid groups (broad SMARTS) is 1. The van der Waals surface area contributed by atoms with Crippen LogP contribution in [0.15, 0.2) is 0 Å². The molecule has 0 bridgehead atoms. The molecule has 1 aliphatic heterocycles. The fourth-order valence-corrected chi connectivity index (χ4v) is 2.24. The average molecular weight is 245 g/mol. The first kappa shape index (κ1) is 14.4. The Bertz CT molecular complexity index is 223. The molecule has 17 heavy (non-hydrogen) atoms. The number of carbonyl (C=O) groups is 1. The van der Waals surface area contributed by atoms with E-state index in [4.69, 9.17) is 14.6 Å². The van der Waals surface area contributed by atoms with Crippen LogP contribution in [0.1, 0.15) is 25.7 Å². The van der Waals surface area contributed by atoms with Crippen LogP contribution in [0.25, 0.3) is 0 Å². The Kier molecular flexibility index (Phi) is 7.16. The minimum absolute atomic E-state index is 0.228. The third kappa shape index (κ3) is 6.00. The van der Waals surface area contributed by atoms with E-state index in [-0.39, 0.29) is 12.5 Å². The molecular formula is C12H23NO4. The van der Waals surface area contributed by atoms with Gasteiger partial charge in [-0.3, -0.25) is 9.69 Å². The van der Waals surface area contributed by atoms with Gasteiger partial charge >= 0.3 is 5.97 Å². The molecule has 1 fully saturated rings. The van der Waals surface area contributed by atoms with E-state index in [1.165, 1.54) is 0 Å². The predicted molar refractivity (Wildman–Crippen MR) is 64.2 cm³/mol. The molecule has 1 aliphatic rings. The second kappa shape index (κ2) is 8.44. The van der Waals surface area contributed by atoms with Crippen LogP contribution in [0, 0.1) is 0 Å². The Hall–Kier alpha value is -0.650. The van der Waals surface area contributed by atoms with E-state index in [1.807, 2.05) is 0 Å². The Labute approximate surface area is 103 Å². The van der Waals surface area contributed by atoms with Crippen molar-refractivity contribution in [1.29, 1.82) is 0 Å². The Balaban J connectivity index is 2.07. The maximum atomic E-state index is 10.7. The highest BCUT2D eigenvalue weighted by molar-refractivity contribution is 5.67. The van der Waals surface area contributed by atoms with Crippen LogP contribution in [0.2, 0.25) is 0 Å². The molecule has 0 spiro atoms. The molecule has 1 unspecified atom stereocenters. The third-order valence-corrected chi connectivity index (χ3v) is 3.08. The Morgan fingerprint density at radius 2 is 2.24 bits per heavy atom. The van der Waals surface area contributed by atoms with Gasteiger partial charge in [0.05, 0.1) is 19.6 Å². The van der Waals surface area contributed by atoms with E-state index in [1.54, 1.807) is 7.11 Å². The van der Waals surface area contributed by atoms with Crippen LogP contribution in [-0.2, 0) is 14.3 Å². The number of aliphatic carboxylic acids is 1. The molecule has 1 rings (SSSR count). The van der Waals surface area contributed by atoms with Gasteiger partial charge in [-0.05, 0) is 25.8 Å². The zero-order chi connectivity index (χ0) is 12.5. The molecular weight excluding hydrogens is 222 g/mol. The minimum atomic E-state index is -0.696. The summed E-state index contributed by atoms with van der Waals surface area (Å²) < 4.78 is 10.3. The predicted octanol–water partition coefficient (Wildman–Crippen LogP) is 0.979. The summed E-state index contributed by atoms with van der Waals surface area (Å²) in [6.07, 6.45) is 3.35. The highest BCUT2D eigenvalue weighted by Gasteiger charge is 2.25. The van der Waals surface area contributed by atoms with E-state index in [9.17, 15) is 4.79 Å². The number of rotatable bonds is 9. The molecule has 100 valence electrons. The second-order valence-corrected chi connectivity index (χ2v) is 4.39. The summed E-state index contributed by atoms with van der Waals surface area (Å²) in [5.74, 6) is -0.696. The minimum Gasteiger partial charge on any atom is -0.481 e. The summed E-state index contributed by atoms with van der Waals surface area (Å²) in [4.78, 5) is 13.0. The van der Waals surface area contributed by atoms with Crippen LogP contribution in [-0.4, -0.2) is 62.0 Å². The van der Waals surface area contributed by atoms with Gasteiger partial charge in [0, 0.05) is 26.3 Å². The van der Waals surface area contributed by atoms with Crippen molar-refractivity contribution in [1.82, 2.24) is 4.90 Å². The molecule has 5 nitrogen and oxygen atoms in total. The van der Waals surface area contributed by atoms with Crippen molar-refractivity contribution in [3.63, 3.8) is 0 Å². The lowest BCUT2D eigenvalue weighted by Crippen LogP contribution is -2.32. The SMILES string of the molecule is COCCOCCCN1CCCC1CC(=O)O. The molecule has 1 saturated heterocycles. The van der Waals surface area contributed by atoms with Gasteiger partial charge in [-0.25, -0.2) is 0 Å². The first-order chi connectivity index (χ1) is 8.24. The summed E-state index contributed by atoms with van der Waals surface area (Å²) in [5, 5.41) is 8.80. The number of carboxylic acids is 1. The molecule has 1 heterocycles. The normalized spacial score (nSPS) is 20.9. The molecule has 0 aromatic carbocycles. The summed E-state index contributed by atoms with van der Waals surface area (Å²) in [5.41, 5.74) is 0. The number of hydrogen-bond donors (Lipinski definition) is 1. The topological polar surface area (TPSA) is 59.0 Å². The lowest BCUT2D eigenvalue weighted by molar-refractivity contribution is -0.138. The monoisotopic (exact) mass is 245 g/mol. The van der Waals surface area contributed by atoms with Crippen LogP contribution >= 0.6 is 0 Å². The fourth-order valence-electron chi connectivity index (χ4n) is 2.24. The van der Waals surface area contributed by atoms with Crippen LogP contribution in [0.4, 0.5) is 0 Å². The first-order valence-corrected chi connectivity index (χ1v) is 6.26. The standard InChI is InChI=1S/C12H23NO4/c1-16-8-9-17-7-3-6-13-5-2-4-11(13)10-12(14)15/h11H,2-10H2,1H3,(H,14,15). The van der Waals surface area contributed by atoms with E-state index >= 15 is 0 Å². The molecule has 0 amide bonds. The number of methoxy groups -OCH3 is 1. The quantitative estimate of drug-likeness (QED) is 0.614. The third-order valence-electron chi connectivity index (χ3n) is 3.08. The largest absolute Gasteiger partial charge is 0.481 e. The van der Waals surface area contributed by atoms with Gasteiger partial charge in [0.15, 0.2) is 0 Å². The molecule has 0 saturated carbocycles. The van der Waals surface area contributed by atoms with Crippen LogP contribution < -0.4 is 0 Å². The summed E-state index contributed by atoms with van der Waals surface area (Å²) in [6, 6.07) is 0.228. The molecule has 0 aliphatic carbocycles. The number of ether oxygens (including phenoxy) is 2. The van der Waals surface area contributed by atoms with Crippen molar-refractivity contribution in [3.8, 4) is 0 Å². The van der Waals surface area contributed by atoms with E-state index in [2.05, 4.69) is 4.90 Å². The van der Waals surface area contributed by atoms with Gasteiger partial charge in [0.25, 0.3) is 0 Å². The molecule has 0 radical (unpaired) electrons. The molecule has 1 atom stereocenters. The molecule has 0 aromatic rings. The Morgan fingerprint density at radius 3 is 2.94 bits per heavy atom. The van der Waals surface area contributed by atoms with E-state index in [0.29, 0.717) is 13.2 Å². The highest BCUT2D eigenvalue weighted by Crippen LogP contribution is 2.19. The van der Waals surface area contributed by atoms with Gasteiger partial charge in [-0.2, -0.15) is 0 Å².